The van der Waals surface area contributed by atoms with Crippen molar-refractivity contribution in [3.8, 4) is 0 Å². The van der Waals surface area contributed by atoms with Crippen molar-refractivity contribution in [2.75, 3.05) is 13.2 Å². The van der Waals surface area contributed by atoms with Gasteiger partial charge in [0.2, 0.25) is 5.91 Å². The molecule has 0 saturated heterocycles. The van der Waals surface area contributed by atoms with Gasteiger partial charge in [-0.3, -0.25) is 5.73 Å². The Morgan fingerprint density at radius 1 is 0.342 bits per heavy atom. The second-order valence-corrected chi connectivity index (χ2v) is 12.1. The lowest BCUT2D eigenvalue weighted by Crippen LogP contribution is -2.45. The van der Waals surface area contributed by atoms with Crippen molar-refractivity contribution in [3.05, 3.63) is 0 Å². The summed E-state index contributed by atoms with van der Waals surface area (Å²) >= 11 is 0. The molecule has 0 bridgehead atoms. The van der Waals surface area contributed by atoms with E-state index in [-0.39, 0.29) is 0 Å². The second-order valence-electron chi connectivity index (χ2n) is 12.1. The second kappa shape index (κ2) is 31.4. The van der Waals surface area contributed by atoms with Crippen molar-refractivity contribution in [2.45, 2.75) is 213 Å². The average molecular weight is 540 g/mol. The zero-order chi connectivity index (χ0) is 27.8. The van der Waals surface area contributed by atoms with Crippen LogP contribution in [0.4, 0.5) is 0 Å². The molecule has 230 valence electrons. The molecule has 0 aromatic heterocycles. The lowest BCUT2D eigenvalue weighted by molar-refractivity contribution is -0.236. The number of nitrogens with two attached hydrogens (primary N) is 1. The van der Waals surface area contributed by atoms with Gasteiger partial charge in [-0.1, -0.05) is 188 Å². The standard InChI is InChI=1S/C35H73NO2/c1-4-7-9-11-13-15-17-19-21-23-25-27-29-31-33-37-35(36,6-3)38-34-32-30-28-26-24-22-20-18-16-14-12-10-8-5-2/h4-34,36H2,1-3H3. The van der Waals surface area contributed by atoms with Gasteiger partial charge in [0.05, 0.1) is 13.2 Å². The number of hydrogen-bond acceptors (Lipinski definition) is 3. The quantitative estimate of drug-likeness (QED) is 0.0666. The molecule has 2 N–H and O–H groups in total. The SMILES string of the molecule is CCCCCCCCCCCCCCCCOC(N)(CC)OCCCCCCCCCCCCCCCC. The van der Waals surface area contributed by atoms with Gasteiger partial charge in [-0.25, -0.2) is 0 Å². The van der Waals surface area contributed by atoms with E-state index in [4.69, 9.17) is 15.2 Å². The van der Waals surface area contributed by atoms with E-state index >= 15 is 0 Å². The third-order valence-corrected chi connectivity index (χ3v) is 8.18. The fourth-order valence-corrected chi connectivity index (χ4v) is 5.33. The van der Waals surface area contributed by atoms with Crippen LogP contribution < -0.4 is 5.73 Å². The maximum Gasteiger partial charge on any atom is 0.224 e. The Hall–Kier alpha value is -0.120. The maximum atomic E-state index is 6.36. The molecule has 0 fully saturated rings. The minimum Gasteiger partial charge on any atom is -0.338 e. The van der Waals surface area contributed by atoms with Crippen LogP contribution >= 0.6 is 0 Å². The van der Waals surface area contributed by atoms with Gasteiger partial charge in [0.25, 0.3) is 0 Å². The normalized spacial score (nSPS) is 12.0. The van der Waals surface area contributed by atoms with Crippen LogP contribution in [0, 0.1) is 0 Å². The first-order chi connectivity index (χ1) is 18.7. The Morgan fingerprint density at radius 2 is 0.553 bits per heavy atom. The van der Waals surface area contributed by atoms with Crippen LogP contribution in [-0.2, 0) is 9.47 Å². The number of rotatable bonds is 33. The van der Waals surface area contributed by atoms with Crippen molar-refractivity contribution in [3.63, 3.8) is 0 Å². The average Bonchev–Trinajstić information content (AvgIpc) is 2.93. The van der Waals surface area contributed by atoms with Gasteiger partial charge in [0, 0.05) is 6.42 Å². The van der Waals surface area contributed by atoms with E-state index in [0.717, 1.165) is 26.1 Å². The predicted octanol–water partition coefficient (Wildman–Crippen LogP) is 12.0. The molecule has 0 aromatic carbocycles. The van der Waals surface area contributed by atoms with E-state index in [0.29, 0.717) is 6.42 Å². The molecular formula is C35H73NO2. The summed E-state index contributed by atoms with van der Waals surface area (Å²) in [5.41, 5.74) is 6.36. The van der Waals surface area contributed by atoms with Gasteiger partial charge < -0.3 is 9.47 Å². The molecule has 0 heterocycles. The molecule has 0 unspecified atom stereocenters. The molecule has 0 aliphatic carbocycles. The lowest BCUT2D eigenvalue weighted by Gasteiger charge is -2.28. The molecule has 0 atom stereocenters. The molecule has 3 heteroatoms. The summed E-state index contributed by atoms with van der Waals surface area (Å²) in [4.78, 5) is 0. The van der Waals surface area contributed by atoms with Gasteiger partial charge >= 0.3 is 0 Å². The molecule has 0 amide bonds. The van der Waals surface area contributed by atoms with Crippen LogP contribution in [0.15, 0.2) is 0 Å². The molecule has 0 rings (SSSR count). The minimum absolute atomic E-state index is 0.713. The zero-order valence-corrected chi connectivity index (χ0v) is 26.8. The van der Waals surface area contributed by atoms with Crippen LogP contribution in [0.3, 0.4) is 0 Å². The maximum absolute atomic E-state index is 6.36. The Bertz CT molecular complexity index is 394. The highest BCUT2D eigenvalue weighted by atomic mass is 16.7. The molecule has 0 aliphatic heterocycles. The van der Waals surface area contributed by atoms with Gasteiger partial charge in [0.1, 0.15) is 0 Å². The van der Waals surface area contributed by atoms with Gasteiger partial charge in [-0.15, -0.1) is 0 Å². The predicted molar refractivity (Wildman–Crippen MR) is 170 cm³/mol. The van der Waals surface area contributed by atoms with E-state index in [2.05, 4.69) is 20.8 Å². The fourth-order valence-electron chi connectivity index (χ4n) is 5.33. The largest absolute Gasteiger partial charge is 0.338 e. The van der Waals surface area contributed by atoms with Crippen LogP contribution in [0.2, 0.25) is 0 Å². The highest BCUT2D eigenvalue weighted by Crippen LogP contribution is 2.17. The van der Waals surface area contributed by atoms with Crippen molar-refractivity contribution >= 4 is 0 Å². The molecule has 0 aromatic rings. The van der Waals surface area contributed by atoms with Crippen LogP contribution in [0.1, 0.15) is 207 Å². The van der Waals surface area contributed by atoms with E-state index in [1.165, 1.54) is 167 Å². The molecule has 0 radical (unpaired) electrons. The molecule has 0 aliphatic rings. The Kier molecular flexibility index (Phi) is 31.3. The third kappa shape index (κ3) is 28.9. The number of unbranched alkanes of at least 4 members (excludes halogenated alkanes) is 26. The van der Waals surface area contributed by atoms with E-state index < -0.39 is 5.91 Å². The smallest absolute Gasteiger partial charge is 0.224 e. The molecule has 0 spiro atoms. The lowest BCUT2D eigenvalue weighted by atomic mass is 10.0. The first-order valence-electron chi connectivity index (χ1n) is 17.7. The summed E-state index contributed by atoms with van der Waals surface area (Å²) in [6.45, 7) is 8.10. The summed E-state index contributed by atoms with van der Waals surface area (Å²) in [5.74, 6) is -0.882. The van der Waals surface area contributed by atoms with E-state index in [1.807, 2.05) is 0 Å². The molecular weight excluding hydrogens is 466 g/mol. The summed E-state index contributed by atoms with van der Waals surface area (Å²) < 4.78 is 11.9. The van der Waals surface area contributed by atoms with Crippen molar-refractivity contribution in [1.82, 2.24) is 0 Å². The highest BCUT2D eigenvalue weighted by molar-refractivity contribution is 4.59. The van der Waals surface area contributed by atoms with Gasteiger partial charge in [0.15, 0.2) is 0 Å². The van der Waals surface area contributed by atoms with Crippen molar-refractivity contribution < 1.29 is 9.47 Å². The highest BCUT2D eigenvalue weighted by Gasteiger charge is 2.23. The number of hydrogen-bond donors (Lipinski definition) is 1. The minimum atomic E-state index is -0.882. The summed E-state index contributed by atoms with van der Waals surface area (Å²) in [5, 5.41) is 0. The Balaban J connectivity index is 3.39. The van der Waals surface area contributed by atoms with Crippen molar-refractivity contribution in [1.29, 1.82) is 0 Å². The number of ether oxygens (including phenoxy) is 2. The monoisotopic (exact) mass is 540 g/mol. The Morgan fingerprint density at radius 3 is 0.763 bits per heavy atom. The van der Waals surface area contributed by atoms with Gasteiger partial charge in [-0.2, -0.15) is 0 Å². The molecule has 38 heavy (non-hydrogen) atoms. The molecule has 3 nitrogen and oxygen atoms in total. The summed E-state index contributed by atoms with van der Waals surface area (Å²) in [6.07, 6.45) is 39.3. The Labute approximate surface area is 241 Å². The summed E-state index contributed by atoms with van der Waals surface area (Å²) in [6, 6.07) is 0. The fraction of sp³-hybridized carbons (Fsp3) is 1.00. The first-order valence-corrected chi connectivity index (χ1v) is 17.7. The topological polar surface area (TPSA) is 44.5 Å². The van der Waals surface area contributed by atoms with Crippen LogP contribution in [0.25, 0.3) is 0 Å². The summed E-state index contributed by atoms with van der Waals surface area (Å²) in [7, 11) is 0. The molecule has 0 saturated carbocycles. The van der Waals surface area contributed by atoms with E-state index in [1.54, 1.807) is 0 Å². The van der Waals surface area contributed by atoms with E-state index in [9.17, 15) is 0 Å². The zero-order valence-electron chi connectivity index (χ0n) is 26.8. The first kappa shape index (κ1) is 37.9. The third-order valence-electron chi connectivity index (χ3n) is 8.18. The van der Waals surface area contributed by atoms with Crippen LogP contribution in [-0.4, -0.2) is 19.1 Å². The van der Waals surface area contributed by atoms with Gasteiger partial charge in [-0.05, 0) is 12.8 Å². The van der Waals surface area contributed by atoms with Crippen molar-refractivity contribution in [2.24, 2.45) is 5.73 Å². The van der Waals surface area contributed by atoms with Crippen LogP contribution in [0.5, 0.6) is 0 Å².